The molecule has 1 aromatic heterocycles. The van der Waals surface area contributed by atoms with Crippen LogP contribution < -0.4 is 14.8 Å². The normalized spacial score (nSPS) is 21.5. The molecule has 0 unspecified atom stereocenters. The highest BCUT2D eigenvalue weighted by molar-refractivity contribution is 5.80. The van der Waals surface area contributed by atoms with Crippen molar-refractivity contribution in [2.45, 2.75) is 32.0 Å². The molecule has 0 saturated heterocycles. The average Bonchev–Trinajstić information content (AvgIpc) is 3.21. The fraction of sp³-hybridized carbons (Fsp3) is 0.474. The summed E-state index contributed by atoms with van der Waals surface area (Å²) < 4.78 is 13.1. The van der Waals surface area contributed by atoms with Gasteiger partial charge in [0.05, 0.1) is 18.1 Å². The van der Waals surface area contributed by atoms with E-state index in [1.165, 1.54) is 11.3 Å². The van der Waals surface area contributed by atoms with Crippen molar-refractivity contribution < 1.29 is 14.3 Å². The predicted molar refractivity (Wildman–Crippen MR) is 93.7 cm³/mol. The van der Waals surface area contributed by atoms with Gasteiger partial charge in [-0.25, -0.2) is 4.98 Å². The van der Waals surface area contributed by atoms with E-state index in [4.69, 9.17) is 9.47 Å². The minimum atomic E-state index is 0.194. The van der Waals surface area contributed by atoms with Crippen LogP contribution in [0.2, 0.25) is 0 Å². The smallest absolute Gasteiger partial charge is 0.231 e. The molecule has 5 rings (SSSR count). The van der Waals surface area contributed by atoms with Gasteiger partial charge in [-0.3, -0.25) is 9.69 Å². The van der Waals surface area contributed by atoms with Crippen LogP contribution >= 0.6 is 0 Å². The SMILES string of the molecule is O=C(NC[C@@H]1CN(Cc2ccc3c(c2)OCO3)Cc2cncn21)C1CC1. The molecule has 1 saturated carbocycles. The van der Waals surface area contributed by atoms with Crippen molar-refractivity contribution in [1.29, 1.82) is 0 Å². The van der Waals surface area contributed by atoms with Crippen LogP contribution in [0, 0.1) is 5.92 Å². The molecular weight excluding hydrogens is 332 g/mol. The number of rotatable bonds is 5. The number of fused-ring (bicyclic) bond motifs is 2. The predicted octanol–water partition coefficient (Wildman–Crippen LogP) is 1.69. The first-order valence-electron chi connectivity index (χ1n) is 9.15. The molecular formula is C19H22N4O3. The highest BCUT2D eigenvalue weighted by atomic mass is 16.7. The Morgan fingerprint density at radius 2 is 2.15 bits per heavy atom. The topological polar surface area (TPSA) is 68.6 Å². The van der Waals surface area contributed by atoms with Gasteiger partial charge in [0, 0.05) is 38.3 Å². The maximum Gasteiger partial charge on any atom is 0.231 e. The van der Waals surface area contributed by atoms with Crippen LogP contribution in [0.3, 0.4) is 0 Å². The van der Waals surface area contributed by atoms with Crippen molar-refractivity contribution >= 4 is 5.91 Å². The fourth-order valence-corrected chi connectivity index (χ4v) is 3.75. The molecule has 1 aliphatic carbocycles. The van der Waals surface area contributed by atoms with Gasteiger partial charge in [0.25, 0.3) is 0 Å². The Bertz CT molecular complexity index is 830. The molecule has 3 heterocycles. The third-order valence-electron chi connectivity index (χ3n) is 5.30. The Kier molecular flexibility index (Phi) is 3.81. The van der Waals surface area contributed by atoms with Crippen LogP contribution in [-0.2, 0) is 17.9 Å². The minimum Gasteiger partial charge on any atom is -0.454 e. The van der Waals surface area contributed by atoms with Crippen molar-refractivity contribution in [3.8, 4) is 11.5 Å². The second-order valence-electron chi connectivity index (χ2n) is 7.32. The molecule has 0 bridgehead atoms. The molecule has 7 nitrogen and oxygen atoms in total. The molecule has 1 fully saturated rings. The minimum absolute atomic E-state index is 0.194. The van der Waals surface area contributed by atoms with Crippen molar-refractivity contribution in [3.63, 3.8) is 0 Å². The standard InChI is InChI=1S/C19H22N4O3/c24-19(14-2-3-14)21-7-16-10-22(9-15-6-20-11-23(15)16)8-13-1-4-17-18(5-13)26-12-25-17/h1,4-6,11,14,16H,2-3,7-10,12H2,(H,21,24)/t16-/m1/s1. The molecule has 136 valence electrons. The van der Waals surface area contributed by atoms with Crippen LogP contribution in [0.5, 0.6) is 11.5 Å². The number of hydrogen-bond acceptors (Lipinski definition) is 5. The van der Waals surface area contributed by atoms with Gasteiger partial charge in [0.15, 0.2) is 11.5 Å². The van der Waals surface area contributed by atoms with Crippen molar-refractivity contribution in [2.75, 3.05) is 19.9 Å². The lowest BCUT2D eigenvalue weighted by atomic mass is 10.1. The summed E-state index contributed by atoms with van der Waals surface area (Å²) in [4.78, 5) is 18.7. The quantitative estimate of drug-likeness (QED) is 0.885. The van der Waals surface area contributed by atoms with Gasteiger partial charge in [-0.05, 0) is 30.5 Å². The van der Waals surface area contributed by atoms with E-state index in [1.807, 2.05) is 18.6 Å². The molecule has 1 amide bonds. The molecule has 1 aromatic carbocycles. The van der Waals surface area contributed by atoms with Crippen molar-refractivity contribution in [1.82, 2.24) is 19.8 Å². The van der Waals surface area contributed by atoms with Gasteiger partial charge in [-0.2, -0.15) is 0 Å². The summed E-state index contributed by atoms with van der Waals surface area (Å²) in [6.07, 6.45) is 5.86. The number of carbonyl (C=O) groups excluding carboxylic acids is 1. The maximum absolute atomic E-state index is 12.0. The lowest BCUT2D eigenvalue weighted by Crippen LogP contribution is -2.42. The third-order valence-corrected chi connectivity index (χ3v) is 5.30. The van der Waals surface area contributed by atoms with E-state index in [0.717, 1.165) is 44.0 Å². The highest BCUT2D eigenvalue weighted by Crippen LogP contribution is 2.33. The molecule has 26 heavy (non-hydrogen) atoms. The van der Waals surface area contributed by atoms with E-state index in [9.17, 15) is 4.79 Å². The largest absolute Gasteiger partial charge is 0.454 e. The van der Waals surface area contributed by atoms with E-state index in [2.05, 4.69) is 31.9 Å². The zero-order valence-electron chi connectivity index (χ0n) is 14.6. The van der Waals surface area contributed by atoms with E-state index < -0.39 is 0 Å². The number of carbonyl (C=O) groups is 1. The Balaban J connectivity index is 1.28. The Hall–Kier alpha value is -2.54. The Labute approximate surface area is 151 Å². The van der Waals surface area contributed by atoms with Crippen LogP contribution in [0.15, 0.2) is 30.7 Å². The third kappa shape index (κ3) is 3.03. The molecule has 1 atom stereocenters. The number of benzene rings is 1. The molecule has 3 aliphatic rings. The van der Waals surface area contributed by atoms with Crippen LogP contribution in [0.25, 0.3) is 0 Å². The lowest BCUT2D eigenvalue weighted by molar-refractivity contribution is -0.122. The van der Waals surface area contributed by atoms with Gasteiger partial charge in [-0.1, -0.05) is 6.07 Å². The summed E-state index contributed by atoms with van der Waals surface area (Å²) in [5.74, 6) is 2.06. The number of ether oxygens (including phenoxy) is 2. The first-order chi connectivity index (χ1) is 12.8. The van der Waals surface area contributed by atoms with Crippen LogP contribution in [0.1, 0.15) is 30.1 Å². The summed E-state index contributed by atoms with van der Waals surface area (Å²) in [6.45, 7) is 3.50. The zero-order valence-corrected chi connectivity index (χ0v) is 14.6. The van der Waals surface area contributed by atoms with Gasteiger partial charge < -0.3 is 19.4 Å². The number of hydrogen-bond donors (Lipinski definition) is 1. The first-order valence-corrected chi connectivity index (χ1v) is 9.15. The molecule has 7 heteroatoms. The van der Waals surface area contributed by atoms with Gasteiger partial charge >= 0.3 is 0 Å². The van der Waals surface area contributed by atoms with E-state index in [1.54, 1.807) is 0 Å². The molecule has 2 aliphatic heterocycles. The average molecular weight is 354 g/mol. The fourth-order valence-electron chi connectivity index (χ4n) is 3.75. The summed E-state index contributed by atoms with van der Waals surface area (Å²) in [6, 6.07) is 6.32. The van der Waals surface area contributed by atoms with Crippen LogP contribution in [0.4, 0.5) is 0 Å². The van der Waals surface area contributed by atoms with E-state index >= 15 is 0 Å². The molecule has 0 radical (unpaired) electrons. The number of amides is 1. The number of nitrogens with one attached hydrogen (secondary N) is 1. The molecule has 1 N–H and O–H groups in total. The number of aromatic nitrogens is 2. The Morgan fingerprint density at radius 1 is 1.27 bits per heavy atom. The van der Waals surface area contributed by atoms with Crippen molar-refractivity contribution in [3.05, 3.63) is 42.0 Å². The second kappa shape index (κ2) is 6.32. The molecule has 2 aromatic rings. The second-order valence-corrected chi connectivity index (χ2v) is 7.32. The lowest BCUT2D eigenvalue weighted by Gasteiger charge is -2.34. The van der Waals surface area contributed by atoms with Gasteiger partial charge in [0.2, 0.25) is 12.7 Å². The summed E-state index contributed by atoms with van der Waals surface area (Å²) >= 11 is 0. The monoisotopic (exact) mass is 354 g/mol. The van der Waals surface area contributed by atoms with E-state index in [-0.39, 0.29) is 17.9 Å². The maximum atomic E-state index is 12.0. The molecule has 0 spiro atoms. The highest BCUT2D eigenvalue weighted by Gasteiger charge is 2.31. The van der Waals surface area contributed by atoms with Crippen molar-refractivity contribution in [2.24, 2.45) is 5.92 Å². The van der Waals surface area contributed by atoms with Crippen LogP contribution in [-0.4, -0.2) is 40.2 Å². The summed E-state index contributed by atoms with van der Waals surface area (Å²) in [5, 5.41) is 3.11. The first kappa shape index (κ1) is 15.7. The zero-order chi connectivity index (χ0) is 17.5. The number of imidazole rings is 1. The summed E-state index contributed by atoms with van der Waals surface area (Å²) in [5.41, 5.74) is 2.38. The summed E-state index contributed by atoms with van der Waals surface area (Å²) in [7, 11) is 0. The number of nitrogens with zero attached hydrogens (tertiary/aromatic N) is 3. The van der Waals surface area contributed by atoms with Gasteiger partial charge in [-0.15, -0.1) is 0 Å². The van der Waals surface area contributed by atoms with E-state index in [0.29, 0.717) is 13.3 Å². The van der Waals surface area contributed by atoms with Gasteiger partial charge in [0.1, 0.15) is 0 Å². The Morgan fingerprint density at radius 3 is 3.04 bits per heavy atom.